The van der Waals surface area contributed by atoms with Crippen LogP contribution in [0.15, 0.2) is 10.5 Å². The molecule has 0 aliphatic rings. The molecule has 1 aromatic rings. The van der Waals surface area contributed by atoms with E-state index in [0.29, 0.717) is 9.50 Å². The van der Waals surface area contributed by atoms with Gasteiger partial charge in [0.15, 0.2) is 0 Å². The summed E-state index contributed by atoms with van der Waals surface area (Å²) in [5, 5.41) is 13.7. The first kappa shape index (κ1) is 11.6. The smallest absolute Gasteiger partial charge is 0.312 e. The van der Waals surface area contributed by atoms with Gasteiger partial charge < -0.3 is 5.32 Å². The van der Waals surface area contributed by atoms with Gasteiger partial charge in [0.05, 0.1) is 14.4 Å². The van der Waals surface area contributed by atoms with Gasteiger partial charge in [-0.25, -0.2) is 0 Å². The zero-order chi connectivity index (χ0) is 10.9. The predicted octanol–water partition coefficient (Wildman–Crippen LogP) is 3.71. The van der Waals surface area contributed by atoms with Crippen LogP contribution in [-0.4, -0.2) is 12.0 Å². The standard InChI is InChI=1S/C7H5BrCl2N2O2/c1-11-4-2-3(9)5(8)6(10)7(4)12(13)14/h2,11H,1H3. The Morgan fingerprint density at radius 2 is 2.14 bits per heavy atom. The SMILES string of the molecule is CNc1cc(Cl)c(Br)c(Cl)c1[N+](=O)[O-]. The van der Waals surface area contributed by atoms with Crippen LogP contribution in [0.3, 0.4) is 0 Å². The molecule has 0 saturated carbocycles. The summed E-state index contributed by atoms with van der Waals surface area (Å²) in [7, 11) is 1.56. The van der Waals surface area contributed by atoms with E-state index in [0.717, 1.165) is 0 Å². The lowest BCUT2D eigenvalue weighted by atomic mass is 10.2. The second-order valence-corrected chi connectivity index (χ2v) is 3.97. The second kappa shape index (κ2) is 4.33. The van der Waals surface area contributed by atoms with Gasteiger partial charge in [-0.2, -0.15) is 0 Å². The largest absolute Gasteiger partial charge is 0.382 e. The molecule has 0 heterocycles. The molecule has 0 aromatic heterocycles. The Bertz CT molecular complexity index is 398. The Balaban J connectivity index is 3.53. The van der Waals surface area contributed by atoms with Crippen molar-refractivity contribution in [3.8, 4) is 0 Å². The van der Waals surface area contributed by atoms with Crippen molar-refractivity contribution in [1.29, 1.82) is 0 Å². The number of rotatable bonds is 2. The molecule has 0 bridgehead atoms. The monoisotopic (exact) mass is 298 g/mol. The number of anilines is 1. The van der Waals surface area contributed by atoms with Crippen LogP contribution in [0.5, 0.6) is 0 Å². The molecule has 0 amide bonds. The average Bonchev–Trinajstić information content (AvgIpc) is 2.12. The first-order chi connectivity index (χ1) is 6.49. The highest BCUT2D eigenvalue weighted by atomic mass is 79.9. The highest BCUT2D eigenvalue weighted by Crippen LogP contribution is 2.42. The van der Waals surface area contributed by atoms with E-state index in [1.54, 1.807) is 7.05 Å². The van der Waals surface area contributed by atoms with E-state index in [1.165, 1.54) is 6.07 Å². The van der Waals surface area contributed by atoms with Crippen LogP contribution in [0.2, 0.25) is 10.0 Å². The summed E-state index contributed by atoms with van der Waals surface area (Å²) in [5.41, 5.74) is 0.0960. The predicted molar refractivity (Wildman–Crippen MR) is 60.4 cm³/mol. The molecule has 0 saturated heterocycles. The van der Waals surface area contributed by atoms with Gasteiger partial charge in [0.25, 0.3) is 0 Å². The van der Waals surface area contributed by atoms with Crippen molar-refractivity contribution in [3.63, 3.8) is 0 Å². The number of nitro benzene ring substituents is 1. The molecule has 0 fully saturated rings. The second-order valence-electron chi connectivity index (χ2n) is 2.39. The number of nitro groups is 1. The van der Waals surface area contributed by atoms with E-state index in [1.807, 2.05) is 0 Å². The van der Waals surface area contributed by atoms with E-state index < -0.39 is 4.92 Å². The Kier molecular flexibility index (Phi) is 3.58. The topological polar surface area (TPSA) is 55.2 Å². The molecule has 0 radical (unpaired) electrons. The minimum absolute atomic E-state index is 0.00755. The highest BCUT2D eigenvalue weighted by molar-refractivity contribution is 9.10. The molecule has 1 aromatic carbocycles. The van der Waals surface area contributed by atoms with Gasteiger partial charge in [0.1, 0.15) is 10.7 Å². The first-order valence-corrected chi connectivity index (χ1v) is 5.03. The van der Waals surface area contributed by atoms with Gasteiger partial charge in [0, 0.05) is 7.05 Å². The van der Waals surface area contributed by atoms with Gasteiger partial charge in [0.2, 0.25) is 0 Å². The van der Waals surface area contributed by atoms with E-state index in [9.17, 15) is 10.1 Å². The Hall–Kier alpha value is -0.520. The van der Waals surface area contributed by atoms with Crippen molar-refractivity contribution in [2.75, 3.05) is 12.4 Å². The van der Waals surface area contributed by atoms with Crippen molar-refractivity contribution in [2.24, 2.45) is 0 Å². The summed E-state index contributed by atoms with van der Waals surface area (Å²) in [6, 6.07) is 1.44. The summed E-state index contributed by atoms with van der Waals surface area (Å²) in [6.07, 6.45) is 0. The number of nitrogens with zero attached hydrogens (tertiary/aromatic N) is 1. The molecule has 0 aliphatic heterocycles. The van der Waals surface area contributed by atoms with Gasteiger partial charge >= 0.3 is 5.69 Å². The van der Waals surface area contributed by atoms with Crippen LogP contribution in [0.1, 0.15) is 0 Å². The fourth-order valence-electron chi connectivity index (χ4n) is 0.955. The third kappa shape index (κ3) is 1.94. The number of halogens is 3. The Morgan fingerprint density at radius 3 is 2.57 bits per heavy atom. The molecule has 14 heavy (non-hydrogen) atoms. The molecule has 0 spiro atoms. The summed E-state index contributed by atoms with van der Waals surface area (Å²) in [5.74, 6) is 0. The van der Waals surface area contributed by atoms with Crippen molar-refractivity contribution in [3.05, 3.63) is 30.7 Å². The normalized spacial score (nSPS) is 10.0. The molecular weight excluding hydrogens is 295 g/mol. The van der Waals surface area contributed by atoms with E-state index in [-0.39, 0.29) is 16.4 Å². The van der Waals surface area contributed by atoms with Gasteiger partial charge in [-0.15, -0.1) is 0 Å². The van der Waals surface area contributed by atoms with Crippen LogP contribution in [0, 0.1) is 10.1 Å². The van der Waals surface area contributed by atoms with Crippen LogP contribution in [0.4, 0.5) is 11.4 Å². The van der Waals surface area contributed by atoms with Gasteiger partial charge in [-0.1, -0.05) is 23.2 Å². The number of benzene rings is 1. The highest BCUT2D eigenvalue weighted by Gasteiger charge is 2.22. The zero-order valence-corrected chi connectivity index (χ0v) is 10.1. The summed E-state index contributed by atoms with van der Waals surface area (Å²) < 4.78 is 0.325. The van der Waals surface area contributed by atoms with E-state index >= 15 is 0 Å². The lowest BCUT2D eigenvalue weighted by Gasteiger charge is -2.06. The molecule has 1 N–H and O–H groups in total. The molecule has 0 unspecified atom stereocenters. The zero-order valence-electron chi connectivity index (χ0n) is 6.97. The van der Waals surface area contributed by atoms with Gasteiger partial charge in [-0.3, -0.25) is 10.1 Å². The van der Waals surface area contributed by atoms with Crippen molar-refractivity contribution < 1.29 is 4.92 Å². The van der Waals surface area contributed by atoms with Crippen LogP contribution < -0.4 is 5.32 Å². The minimum atomic E-state index is -0.560. The molecule has 76 valence electrons. The third-order valence-electron chi connectivity index (χ3n) is 1.59. The van der Waals surface area contributed by atoms with Crippen LogP contribution in [-0.2, 0) is 0 Å². The number of hydrogen-bond donors (Lipinski definition) is 1. The Morgan fingerprint density at radius 1 is 1.57 bits per heavy atom. The average molecular weight is 300 g/mol. The van der Waals surface area contributed by atoms with Crippen LogP contribution in [0.25, 0.3) is 0 Å². The number of nitrogens with one attached hydrogen (secondary N) is 1. The van der Waals surface area contributed by atoms with Crippen molar-refractivity contribution in [1.82, 2.24) is 0 Å². The summed E-state index contributed by atoms with van der Waals surface area (Å²) in [6.45, 7) is 0. The molecule has 0 aliphatic carbocycles. The minimum Gasteiger partial charge on any atom is -0.382 e. The fourth-order valence-corrected chi connectivity index (χ4v) is 1.78. The first-order valence-electron chi connectivity index (χ1n) is 3.48. The van der Waals surface area contributed by atoms with Gasteiger partial charge in [-0.05, 0) is 22.0 Å². The Labute approximate surface area is 98.5 Å². The third-order valence-corrected chi connectivity index (χ3v) is 3.53. The lowest BCUT2D eigenvalue weighted by Crippen LogP contribution is -1.98. The molecule has 1 rings (SSSR count). The maximum Gasteiger partial charge on any atom is 0.312 e. The lowest BCUT2D eigenvalue weighted by molar-refractivity contribution is -0.383. The summed E-state index contributed by atoms with van der Waals surface area (Å²) in [4.78, 5) is 10.1. The quantitative estimate of drug-likeness (QED) is 0.514. The van der Waals surface area contributed by atoms with E-state index in [2.05, 4.69) is 21.2 Å². The van der Waals surface area contributed by atoms with Crippen molar-refractivity contribution >= 4 is 50.5 Å². The summed E-state index contributed by atoms with van der Waals surface area (Å²) >= 11 is 14.6. The molecule has 7 heteroatoms. The maximum absolute atomic E-state index is 10.7. The fraction of sp³-hybridized carbons (Fsp3) is 0.143. The van der Waals surface area contributed by atoms with Crippen molar-refractivity contribution in [2.45, 2.75) is 0 Å². The molecule has 4 nitrogen and oxygen atoms in total. The van der Waals surface area contributed by atoms with E-state index in [4.69, 9.17) is 23.2 Å². The molecular formula is C7H5BrCl2N2O2. The maximum atomic E-state index is 10.7. The molecule has 0 atom stereocenters. The van der Waals surface area contributed by atoms with Crippen LogP contribution >= 0.6 is 39.1 Å². The number of hydrogen-bond acceptors (Lipinski definition) is 3.